The number of hydrogen-bond acceptors (Lipinski definition) is 3. The summed E-state index contributed by atoms with van der Waals surface area (Å²) in [6.07, 6.45) is 8.78. The van der Waals surface area contributed by atoms with Crippen molar-refractivity contribution in [1.29, 1.82) is 0 Å². The minimum absolute atomic E-state index is 0.0110. The van der Waals surface area contributed by atoms with Crippen LogP contribution in [0.1, 0.15) is 61.7 Å². The number of anilines is 1. The highest BCUT2D eigenvalue weighted by Crippen LogP contribution is 2.30. The van der Waals surface area contributed by atoms with Gasteiger partial charge in [-0.25, -0.2) is 0 Å². The van der Waals surface area contributed by atoms with Crippen LogP contribution in [0.4, 0.5) is 5.69 Å². The standard InChI is InChI=1S/C23H31N3O3/c27-21(12-5-17-3-1-2-4-17)25-13-15-26(16-14-25)23(29)19-8-10-20(11-9-19)24-22(28)18-6-7-18/h8-11,17-18H,1-7,12-16H2,(H,24,28). The molecule has 3 amide bonds. The third-order valence-corrected chi connectivity index (χ3v) is 6.51. The molecule has 0 spiro atoms. The van der Waals surface area contributed by atoms with E-state index in [1.165, 1.54) is 25.7 Å². The summed E-state index contributed by atoms with van der Waals surface area (Å²) in [7, 11) is 0. The second kappa shape index (κ2) is 8.97. The summed E-state index contributed by atoms with van der Waals surface area (Å²) < 4.78 is 0. The number of piperazine rings is 1. The minimum atomic E-state index is -0.0110. The van der Waals surface area contributed by atoms with Crippen molar-refractivity contribution in [3.05, 3.63) is 29.8 Å². The third-order valence-electron chi connectivity index (χ3n) is 6.51. The van der Waals surface area contributed by atoms with E-state index < -0.39 is 0 Å². The Morgan fingerprint density at radius 2 is 1.48 bits per heavy atom. The molecule has 1 heterocycles. The van der Waals surface area contributed by atoms with Gasteiger partial charge in [0.15, 0.2) is 0 Å². The topological polar surface area (TPSA) is 69.7 Å². The van der Waals surface area contributed by atoms with Crippen molar-refractivity contribution in [1.82, 2.24) is 9.80 Å². The van der Waals surface area contributed by atoms with Crippen molar-refractivity contribution in [2.24, 2.45) is 11.8 Å². The number of nitrogens with zero attached hydrogens (tertiary/aromatic N) is 2. The first kappa shape index (κ1) is 19.9. The maximum absolute atomic E-state index is 12.8. The number of carbonyl (C=O) groups is 3. The normalized spacial score (nSPS) is 20.0. The predicted molar refractivity (Wildman–Crippen MR) is 111 cm³/mol. The molecule has 0 bridgehead atoms. The van der Waals surface area contributed by atoms with Gasteiger partial charge in [-0.2, -0.15) is 0 Å². The van der Waals surface area contributed by atoms with Gasteiger partial charge in [0, 0.05) is 49.8 Å². The molecule has 0 atom stereocenters. The van der Waals surface area contributed by atoms with Crippen LogP contribution in [0.25, 0.3) is 0 Å². The van der Waals surface area contributed by atoms with Gasteiger partial charge in [0.2, 0.25) is 11.8 Å². The van der Waals surface area contributed by atoms with Crippen LogP contribution < -0.4 is 5.32 Å². The van der Waals surface area contributed by atoms with Crippen molar-refractivity contribution in [2.75, 3.05) is 31.5 Å². The molecule has 6 heteroatoms. The summed E-state index contributed by atoms with van der Waals surface area (Å²) in [5.41, 5.74) is 1.35. The molecule has 1 aliphatic heterocycles. The van der Waals surface area contributed by atoms with Gasteiger partial charge in [-0.15, -0.1) is 0 Å². The van der Waals surface area contributed by atoms with E-state index in [0.717, 1.165) is 30.9 Å². The van der Waals surface area contributed by atoms with Gasteiger partial charge in [-0.1, -0.05) is 25.7 Å². The van der Waals surface area contributed by atoms with Crippen molar-refractivity contribution in [3.63, 3.8) is 0 Å². The van der Waals surface area contributed by atoms with Crippen molar-refractivity contribution < 1.29 is 14.4 Å². The highest BCUT2D eigenvalue weighted by molar-refractivity contribution is 5.97. The molecular weight excluding hydrogens is 366 g/mol. The lowest BCUT2D eigenvalue weighted by Gasteiger charge is -2.35. The molecule has 156 valence electrons. The highest BCUT2D eigenvalue weighted by atomic mass is 16.2. The number of nitrogens with one attached hydrogen (secondary N) is 1. The van der Waals surface area contributed by atoms with E-state index in [4.69, 9.17) is 0 Å². The van der Waals surface area contributed by atoms with Crippen molar-refractivity contribution in [2.45, 2.75) is 51.4 Å². The molecule has 1 N–H and O–H groups in total. The monoisotopic (exact) mass is 397 g/mol. The average molecular weight is 398 g/mol. The van der Waals surface area contributed by atoms with Crippen molar-refractivity contribution >= 4 is 23.4 Å². The first-order valence-corrected chi connectivity index (χ1v) is 11.1. The van der Waals surface area contributed by atoms with E-state index in [0.29, 0.717) is 38.2 Å². The molecule has 1 aromatic carbocycles. The number of carbonyl (C=O) groups excluding carboxylic acids is 3. The molecule has 4 rings (SSSR count). The lowest BCUT2D eigenvalue weighted by Crippen LogP contribution is -2.50. The molecule has 0 unspecified atom stereocenters. The lowest BCUT2D eigenvalue weighted by molar-refractivity contribution is -0.133. The Morgan fingerprint density at radius 3 is 2.10 bits per heavy atom. The molecule has 1 aromatic rings. The summed E-state index contributed by atoms with van der Waals surface area (Å²) in [6.45, 7) is 2.39. The minimum Gasteiger partial charge on any atom is -0.339 e. The number of amides is 3. The van der Waals surface area contributed by atoms with E-state index in [-0.39, 0.29) is 23.6 Å². The molecule has 1 saturated heterocycles. The Labute approximate surface area is 172 Å². The zero-order valence-electron chi connectivity index (χ0n) is 17.1. The number of hydrogen-bond donors (Lipinski definition) is 1. The molecule has 2 saturated carbocycles. The van der Waals surface area contributed by atoms with Gasteiger partial charge in [0.1, 0.15) is 0 Å². The fourth-order valence-corrected chi connectivity index (χ4v) is 4.41. The summed E-state index contributed by atoms with van der Waals surface area (Å²) in [4.78, 5) is 40.8. The Hall–Kier alpha value is -2.37. The van der Waals surface area contributed by atoms with E-state index in [9.17, 15) is 14.4 Å². The average Bonchev–Trinajstić information content (AvgIpc) is 3.48. The zero-order chi connectivity index (χ0) is 20.2. The van der Waals surface area contributed by atoms with E-state index in [1.807, 2.05) is 9.80 Å². The fraction of sp³-hybridized carbons (Fsp3) is 0.609. The van der Waals surface area contributed by atoms with Crippen LogP contribution in [-0.2, 0) is 9.59 Å². The second-order valence-corrected chi connectivity index (χ2v) is 8.70. The molecule has 6 nitrogen and oxygen atoms in total. The largest absolute Gasteiger partial charge is 0.339 e. The number of rotatable bonds is 6. The quantitative estimate of drug-likeness (QED) is 0.801. The molecule has 0 aromatic heterocycles. The first-order valence-electron chi connectivity index (χ1n) is 11.1. The molecule has 3 aliphatic rings. The molecule has 0 radical (unpaired) electrons. The maximum Gasteiger partial charge on any atom is 0.253 e. The molecule has 29 heavy (non-hydrogen) atoms. The third kappa shape index (κ3) is 5.17. The first-order chi connectivity index (χ1) is 14.1. The summed E-state index contributed by atoms with van der Waals surface area (Å²) in [5, 5.41) is 2.89. The molecule has 3 fully saturated rings. The Balaban J connectivity index is 1.22. The van der Waals surface area contributed by atoms with E-state index >= 15 is 0 Å². The second-order valence-electron chi connectivity index (χ2n) is 8.70. The van der Waals surface area contributed by atoms with E-state index in [1.54, 1.807) is 24.3 Å². The van der Waals surface area contributed by atoms with Crippen molar-refractivity contribution in [3.8, 4) is 0 Å². The SMILES string of the molecule is O=C(Nc1ccc(C(=O)N2CCN(C(=O)CCC3CCCC3)CC2)cc1)C1CC1. The smallest absolute Gasteiger partial charge is 0.253 e. The zero-order valence-corrected chi connectivity index (χ0v) is 17.1. The predicted octanol–water partition coefficient (Wildman–Crippen LogP) is 3.29. The van der Waals surface area contributed by atoms with Gasteiger partial charge >= 0.3 is 0 Å². The van der Waals surface area contributed by atoms with Crippen LogP contribution in [-0.4, -0.2) is 53.7 Å². The van der Waals surface area contributed by atoms with Gasteiger partial charge < -0.3 is 15.1 Å². The van der Waals surface area contributed by atoms with Crippen LogP contribution in [0.5, 0.6) is 0 Å². The van der Waals surface area contributed by atoms with Crippen LogP contribution in [0.2, 0.25) is 0 Å². The maximum atomic E-state index is 12.8. The summed E-state index contributed by atoms with van der Waals surface area (Å²) in [6, 6.07) is 7.11. The van der Waals surface area contributed by atoms with Crippen LogP contribution in [0, 0.1) is 11.8 Å². The van der Waals surface area contributed by atoms with Crippen LogP contribution in [0.3, 0.4) is 0 Å². The van der Waals surface area contributed by atoms with E-state index in [2.05, 4.69) is 5.32 Å². The van der Waals surface area contributed by atoms with Crippen LogP contribution >= 0.6 is 0 Å². The molecule has 2 aliphatic carbocycles. The fourth-order valence-electron chi connectivity index (χ4n) is 4.41. The van der Waals surface area contributed by atoms with Gasteiger partial charge in [-0.05, 0) is 49.4 Å². The summed E-state index contributed by atoms with van der Waals surface area (Å²) in [5.74, 6) is 1.19. The van der Waals surface area contributed by atoms with Gasteiger partial charge in [0.25, 0.3) is 5.91 Å². The highest BCUT2D eigenvalue weighted by Gasteiger charge is 2.30. The van der Waals surface area contributed by atoms with Gasteiger partial charge in [-0.3, -0.25) is 14.4 Å². The molecular formula is C23H31N3O3. The summed E-state index contributed by atoms with van der Waals surface area (Å²) >= 11 is 0. The number of benzene rings is 1. The lowest BCUT2D eigenvalue weighted by atomic mass is 10.0. The van der Waals surface area contributed by atoms with Crippen LogP contribution in [0.15, 0.2) is 24.3 Å². The Morgan fingerprint density at radius 1 is 0.862 bits per heavy atom. The Kier molecular flexibility index (Phi) is 6.16. The Bertz CT molecular complexity index is 743. The van der Waals surface area contributed by atoms with Gasteiger partial charge in [0.05, 0.1) is 0 Å².